The van der Waals surface area contributed by atoms with Crippen LogP contribution < -0.4 is 0 Å². The molecule has 0 aliphatic carbocycles. The van der Waals surface area contributed by atoms with Gasteiger partial charge < -0.3 is 14.9 Å². The van der Waals surface area contributed by atoms with Gasteiger partial charge in [0.25, 0.3) is 0 Å². The number of aryl methyl sites for hydroxylation is 1. The van der Waals surface area contributed by atoms with Gasteiger partial charge in [-0.1, -0.05) is 30.3 Å². The van der Waals surface area contributed by atoms with Crippen molar-refractivity contribution in [3.63, 3.8) is 0 Å². The Morgan fingerprint density at radius 1 is 1.17 bits per heavy atom. The first-order valence-corrected chi connectivity index (χ1v) is 9.06. The lowest BCUT2D eigenvalue weighted by molar-refractivity contribution is 0.207. The van der Waals surface area contributed by atoms with E-state index in [0.717, 1.165) is 38.1 Å². The van der Waals surface area contributed by atoms with E-state index in [-0.39, 0.29) is 6.61 Å². The Balaban J connectivity index is 1.46. The zero-order valence-corrected chi connectivity index (χ0v) is 14.0. The Hall–Kier alpha value is -1.55. The number of nitrogens with zero attached hydrogens (tertiary/aromatic N) is 3. The predicted octanol–water partition coefficient (Wildman–Crippen LogP) is 2.39. The molecule has 2 aliphatic heterocycles. The Morgan fingerprint density at radius 3 is 2.87 bits per heavy atom. The molecule has 1 aromatic carbocycles. The van der Waals surface area contributed by atoms with Crippen LogP contribution in [0.4, 0.5) is 0 Å². The standard InChI is InChI=1S/C19H29N3O/c23-15-14-21-13-11-20-19(21)22-12-5-10-18(16-22)9-4-8-17-6-2-1-3-7-17/h1-3,6-7,18,23H,4-5,8-16H2. The molecule has 3 rings (SSSR count). The predicted molar refractivity (Wildman–Crippen MR) is 94.6 cm³/mol. The van der Waals surface area contributed by atoms with E-state index in [9.17, 15) is 5.11 Å². The fourth-order valence-corrected chi connectivity index (χ4v) is 3.83. The van der Waals surface area contributed by atoms with Gasteiger partial charge in [-0.25, -0.2) is 0 Å². The molecular weight excluding hydrogens is 286 g/mol. The summed E-state index contributed by atoms with van der Waals surface area (Å²) in [5.41, 5.74) is 1.45. The van der Waals surface area contributed by atoms with E-state index in [1.165, 1.54) is 37.7 Å². The smallest absolute Gasteiger partial charge is 0.196 e. The summed E-state index contributed by atoms with van der Waals surface area (Å²) in [5, 5.41) is 9.20. The average molecular weight is 315 g/mol. The van der Waals surface area contributed by atoms with Crippen molar-refractivity contribution in [1.29, 1.82) is 0 Å². The van der Waals surface area contributed by atoms with Crippen LogP contribution in [0.25, 0.3) is 0 Å². The van der Waals surface area contributed by atoms with Crippen LogP contribution in [0.15, 0.2) is 35.3 Å². The zero-order valence-electron chi connectivity index (χ0n) is 14.0. The molecule has 0 saturated carbocycles. The van der Waals surface area contributed by atoms with Crippen molar-refractivity contribution in [3.05, 3.63) is 35.9 Å². The molecule has 2 aliphatic rings. The lowest BCUT2D eigenvalue weighted by Gasteiger charge is -2.37. The summed E-state index contributed by atoms with van der Waals surface area (Å²) in [4.78, 5) is 9.38. The lowest BCUT2D eigenvalue weighted by Crippen LogP contribution is -2.47. The first kappa shape index (κ1) is 16.3. The molecule has 1 saturated heterocycles. The second-order valence-electron chi connectivity index (χ2n) is 6.72. The van der Waals surface area contributed by atoms with Gasteiger partial charge in [0.05, 0.1) is 13.2 Å². The number of rotatable bonds is 6. The average Bonchev–Trinajstić information content (AvgIpc) is 3.05. The van der Waals surface area contributed by atoms with Crippen LogP contribution in [0.5, 0.6) is 0 Å². The largest absolute Gasteiger partial charge is 0.395 e. The van der Waals surface area contributed by atoms with Gasteiger partial charge >= 0.3 is 0 Å². The number of aliphatic imine (C=N–C) groups is 1. The molecule has 126 valence electrons. The van der Waals surface area contributed by atoms with E-state index in [0.29, 0.717) is 6.54 Å². The van der Waals surface area contributed by atoms with E-state index in [4.69, 9.17) is 0 Å². The van der Waals surface area contributed by atoms with Crippen LogP contribution in [-0.2, 0) is 6.42 Å². The number of likely N-dealkylation sites (tertiary alicyclic amines) is 1. The van der Waals surface area contributed by atoms with Crippen molar-refractivity contribution in [2.45, 2.75) is 32.1 Å². The third-order valence-corrected chi connectivity index (χ3v) is 5.00. The molecule has 1 fully saturated rings. The Labute approximate surface area is 139 Å². The summed E-state index contributed by atoms with van der Waals surface area (Å²) in [6, 6.07) is 10.8. The molecule has 0 aromatic heterocycles. The molecule has 1 aromatic rings. The molecule has 1 unspecified atom stereocenters. The highest BCUT2D eigenvalue weighted by Crippen LogP contribution is 2.23. The fourth-order valence-electron chi connectivity index (χ4n) is 3.83. The summed E-state index contributed by atoms with van der Waals surface area (Å²) >= 11 is 0. The van der Waals surface area contributed by atoms with Gasteiger partial charge in [0, 0.05) is 26.2 Å². The van der Waals surface area contributed by atoms with Crippen LogP contribution >= 0.6 is 0 Å². The number of guanidine groups is 1. The van der Waals surface area contributed by atoms with Gasteiger partial charge in [0.15, 0.2) is 5.96 Å². The number of β-amino-alcohol motifs (C(OH)–C–C–N with tert-alkyl or cyclic N) is 1. The van der Waals surface area contributed by atoms with Crippen molar-refractivity contribution in [2.24, 2.45) is 10.9 Å². The maximum atomic E-state index is 9.20. The second kappa shape index (κ2) is 8.34. The van der Waals surface area contributed by atoms with Crippen LogP contribution in [-0.4, -0.2) is 60.2 Å². The van der Waals surface area contributed by atoms with E-state index in [1.807, 2.05) is 0 Å². The number of hydrogen-bond donors (Lipinski definition) is 1. The summed E-state index contributed by atoms with van der Waals surface area (Å²) in [6.45, 7) is 5.03. The van der Waals surface area contributed by atoms with Gasteiger partial charge in [-0.05, 0) is 43.6 Å². The number of aliphatic hydroxyl groups is 1. The van der Waals surface area contributed by atoms with E-state index in [2.05, 4.69) is 45.1 Å². The number of benzene rings is 1. The summed E-state index contributed by atoms with van der Waals surface area (Å²) < 4.78 is 0. The molecule has 4 nitrogen and oxygen atoms in total. The molecule has 0 bridgehead atoms. The number of hydrogen-bond acceptors (Lipinski definition) is 4. The molecule has 1 atom stereocenters. The van der Waals surface area contributed by atoms with Gasteiger partial charge in [-0.2, -0.15) is 0 Å². The van der Waals surface area contributed by atoms with Crippen LogP contribution in [0.1, 0.15) is 31.2 Å². The molecule has 0 radical (unpaired) electrons. The van der Waals surface area contributed by atoms with E-state index < -0.39 is 0 Å². The maximum Gasteiger partial charge on any atom is 0.196 e. The van der Waals surface area contributed by atoms with E-state index in [1.54, 1.807) is 0 Å². The molecule has 4 heteroatoms. The summed E-state index contributed by atoms with van der Waals surface area (Å²) in [5.74, 6) is 1.92. The number of piperidine rings is 1. The van der Waals surface area contributed by atoms with Gasteiger partial charge in [0.2, 0.25) is 0 Å². The topological polar surface area (TPSA) is 39.1 Å². The quantitative estimate of drug-likeness (QED) is 0.876. The molecular formula is C19H29N3O. The van der Waals surface area contributed by atoms with Gasteiger partial charge in [0.1, 0.15) is 0 Å². The summed E-state index contributed by atoms with van der Waals surface area (Å²) in [7, 11) is 0. The minimum atomic E-state index is 0.216. The Bertz CT molecular complexity index is 503. The Morgan fingerprint density at radius 2 is 2.04 bits per heavy atom. The van der Waals surface area contributed by atoms with Crippen LogP contribution in [0.2, 0.25) is 0 Å². The zero-order chi connectivity index (χ0) is 15.9. The summed E-state index contributed by atoms with van der Waals surface area (Å²) in [6.07, 6.45) is 6.38. The Kier molecular flexibility index (Phi) is 5.92. The van der Waals surface area contributed by atoms with E-state index >= 15 is 0 Å². The van der Waals surface area contributed by atoms with Crippen molar-refractivity contribution in [3.8, 4) is 0 Å². The lowest BCUT2D eigenvalue weighted by atomic mass is 9.92. The minimum Gasteiger partial charge on any atom is -0.395 e. The van der Waals surface area contributed by atoms with Crippen molar-refractivity contribution >= 4 is 5.96 Å². The van der Waals surface area contributed by atoms with Crippen molar-refractivity contribution < 1.29 is 5.11 Å². The highest BCUT2D eigenvalue weighted by Gasteiger charge is 2.27. The van der Waals surface area contributed by atoms with Gasteiger partial charge in [-0.15, -0.1) is 0 Å². The third-order valence-electron chi connectivity index (χ3n) is 5.00. The first-order chi connectivity index (χ1) is 11.4. The molecule has 1 N–H and O–H groups in total. The first-order valence-electron chi connectivity index (χ1n) is 9.06. The molecule has 23 heavy (non-hydrogen) atoms. The number of aliphatic hydroxyl groups excluding tert-OH is 1. The maximum absolute atomic E-state index is 9.20. The van der Waals surface area contributed by atoms with Crippen molar-refractivity contribution in [2.75, 3.05) is 39.3 Å². The monoisotopic (exact) mass is 315 g/mol. The SMILES string of the molecule is OCCN1CCN=C1N1CCCC(CCCc2ccccc2)C1. The fraction of sp³-hybridized carbons (Fsp3) is 0.632. The molecule has 2 heterocycles. The highest BCUT2D eigenvalue weighted by molar-refractivity contribution is 5.81. The third kappa shape index (κ3) is 4.47. The molecule has 0 spiro atoms. The highest BCUT2D eigenvalue weighted by atomic mass is 16.3. The van der Waals surface area contributed by atoms with Crippen molar-refractivity contribution in [1.82, 2.24) is 9.80 Å². The van der Waals surface area contributed by atoms with Gasteiger partial charge in [-0.3, -0.25) is 4.99 Å². The molecule has 0 amide bonds. The minimum absolute atomic E-state index is 0.216. The van der Waals surface area contributed by atoms with Crippen LogP contribution in [0, 0.1) is 5.92 Å². The normalized spacial score (nSPS) is 21.6. The second-order valence-corrected chi connectivity index (χ2v) is 6.72. The van der Waals surface area contributed by atoms with Crippen LogP contribution in [0.3, 0.4) is 0 Å².